The molecule has 0 aromatic heterocycles. The molecule has 1 saturated carbocycles. The van der Waals surface area contributed by atoms with Gasteiger partial charge in [0.05, 0.1) is 12.3 Å². The Labute approximate surface area is 160 Å². The molecule has 1 aromatic carbocycles. The number of nitrogens with zero attached hydrogens (tertiary/aromatic N) is 1. The number of nitrogens with one attached hydrogen (secondary N) is 3. The van der Waals surface area contributed by atoms with Gasteiger partial charge in [-0.1, -0.05) is 6.42 Å². The van der Waals surface area contributed by atoms with Crippen molar-refractivity contribution in [1.29, 1.82) is 0 Å². The lowest BCUT2D eigenvalue weighted by molar-refractivity contribution is 0.223. The van der Waals surface area contributed by atoms with Crippen LogP contribution in [0.15, 0.2) is 29.3 Å². The van der Waals surface area contributed by atoms with Crippen molar-refractivity contribution in [2.45, 2.75) is 32.3 Å². The summed E-state index contributed by atoms with van der Waals surface area (Å²) in [5.41, 5.74) is 0. The van der Waals surface area contributed by atoms with Gasteiger partial charge < -0.3 is 15.4 Å². The van der Waals surface area contributed by atoms with E-state index in [1.807, 2.05) is 6.92 Å². The standard InChI is InChI=1S/C18H29FN4O3S/c1-14(26-17-8-6-16(19)7-9-17)12-22-18(20-2)21-10-11-27(24,25)23-13-15-4-3-5-15/h6-9,14-15,23H,3-5,10-13H2,1-2H3,(H2,20,21,22). The predicted octanol–water partition coefficient (Wildman–Crippen LogP) is 1.48. The molecule has 1 aromatic rings. The molecule has 0 amide bonds. The van der Waals surface area contributed by atoms with Crippen LogP contribution in [0.5, 0.6) is 5.75 Å². The van der Waals surface area contributed by atoms with E-state index in [-0.39, 0.29) is 24.2 Å². The van der Waals surface area contributed by atoms with Crippen LogP contribution in [0.4, 0.5) is 4.39 Å². The largest absolute Gasteiger partial charge is 0.489 e. The molecule has 152 valence electrons. The van der Waals surface area contributed by atoms with Crippen molar-refractivity contribution < 1.29 is 17.5 Å². The molecule has 9 heteroatoms. The molecule has 1 aliphatic carbocycles. The number of hydrogen-bond donors (Lipinski definition) is 3. The zero-order chi connectivity index (χ0) is 19.7. The first-order chi connectivity index (χ1) is 12.9. The number of halogens is 1. The van der Waals surface area contributed by atoms with E-state index in [0.717, 1.165) is 12.8 Å². The van der Waals surface area contributed by atoms with Gasteiger partial charge in [0.15, 0.2) is 5.96 Å². The first-order valence-corrected chi connectivity index (χ1v) is 10.9. The van der Waals surface area contributed by atoms with E-state index in [1.54, 1.807) is 19.2 Å². The third kappa shape index (κ3) is 8.13. The summed E-state index contributed by atoms with van der Waals surface area (Å²) in [5.74, 6) is 1.25. The number of hydrogen-bond acceptors (Lipinski definition) is 4. The third-order valence-electron chi connectivity index (χ3n) is 4.41. The lowest BCUT2D eigenvalue weighted by Gasteiger charge is -2.25. The fourth-order valence-electron chi connectivity index (χ4n) is 2.57. The Hall–Kier alpha value is -1.87. The third-order valence-corrected chi connectivity index (χ3v) is 5.76. The van der Waals surface area contributed by atoms with Gasteiger partial charge >= 0.3 is 0 Å². The topological polar surface area (TPSA) is 91.8 Å². The molecular formula is C18H29FN4O3S. The lowest BCUT2D eigenvalue weighted by atomic mass is 9.86. The van der Waals surface area contributed by atoms with E-state index in [2.05, 4.69) is 20.3 Å². The normalized spacial score (nSPS) is 16.5. The number of ether oxygens (including phenoxy) is 1. The Morgan fingerprint density at radius 1 is 1.30 bits per heavy atom. The molecule has 0 bridgehead atoms. The summed E-state index contributed by atoms with van der Waals surface area (Å²) in [6, 6.07) is 5.82. The Balaban J connectivity index is 1.64. The van der Waals surface area contributed by atoms with Crippen molar-refractivity contribution >= 4 is 16.0 Å². The van der Waals surface area contributed by atoms with Crippen molar-refractivity contribution in [1.82, 2.24) is 15.4 Å². The minimum absolute atomic E-state index is 0.0119. The number of rotatable bonds is 10. The quantitative estimate of drug-likeness (QED) is 0.409. The first kappa shape index (κ1) is 21.4. The molecule has 2 rings (SSSR count). The molecule has 7 nitrogen and oxygen atoms in total. The maximum Gasteiger partial charge on any atom is 0.213 e. The molecule has 3 N–H and O–H groups in total. The van der Waals surface area contributed by atoms with Crippen molar-refractivity contribution in [3.05, 3.63) is 30.1 Å². The first-order valence-electron chi connectivity index (χ1n) is 9.22. The fourth-order valence-corrected chi connectivity index (χ4v) is 3.57. The molecule has 1 fully saturated rings. The van der Waals surface area contributed by atoms with Crippen molar-refractivity contribution in [2.75, 3.05) is 32.4 Å². The highest BCUT2D eigenvalue weighted by Gasteiger charge is 2.20. The van der Waals surface area contributed by atoms with Gasteiger partial charge in [-0.3, -0.25) is 4.99 Å². The van der Waals surface area contributed by atoms with E-state index < -0.39 is 10.0 Å². The monoisotopic (exact) mass is 400 g/mol. The average molecular weight is 401 g/mol. The Morgan fingerprint density at radius 2 is 2.00 bits per heavy atom. The van der Waals surface area contributed by atoms with E-state index in [9.17, 15) is 12.8 Å². The predicted molar refractivity (Wildman–Crippen MR) is 105 cm³/mol. The summed E-state index contributed by atoms with van der Waals surface area (Å²) in [6.07, 6.45) is 3.23. The van der Waals surface area contributed by atoms with E-state index in [4.69, 9.17) is 4.74 Å². The molecule has 0 radical (unpaired) electrons. The summed E-state index contributed by atoms with van der Waals surface area (Å²) < 4.78 is 45.2. The molecule has 0 spiro atoms. The highest BCUT2D eigenvalue weighted by atomic mass is 32.2. The Morgan fingerprint density at radius 3 is 2.59 bits per heavy atom. The van der Waals surface area contributed by atoms with Crippen LogP contribution in [0.3, 0.4) is 0 Å². The lowest BCUT2D eigenvalue weighted by Crippen LogP contribution is -2.44. The molecule has 0 heterocycles. The van der Waals surface area contributed by atoms with Crippen molar-refractivity contribution in [3.63, 3.8) is 0 Å². The Kier molecular flexibility index (Phi) is 8.30. The summed E-state index contributed by atoms with van der Waals surface area (Å²) in [5, 5.41) is 6.06. The van der Waals surface area contributed by atoms with Crippen LogP contribution in [0.2, 0.25) is 0 Å². The van der Waals surface area contributed by atoms with Crippen LogP contribution in [0.25, 0.3) is 0 Å². The second-order valence-corrected chi connectivity index (χ2v) is 8.65. The second kappa shape index (κ2) is 10.5. The molecule has 27 heavy (non-hydrogen) atoms. The molecule has 1 aliphatic rings. The summed E-state index contributed by atoms with van der Waals surface area (Å²) in [6.45, 7) is 3.13. The number of guanidine groups is 1. The van der Waals surface area contributed by atoms with Crippen molar-refractivity contribution in [2.24, 2.45) is 10.9 Å². The number of sulfonamides is 1. The minimum atomic E-state index is -3.28. The number of aliphatic imine (C=N–C) groups is 1. The van der Waals surface area contributed by atoms with Crippen molar-refractivity contribution in [3.8, 4) is 5.75 Å². The van der Waals surface area contributed by atoms with Gasteiger partial charge in [-0.05, 0) is 49.9 Å². The summed E-state index contributed by atoms with van der Waals surface area (Å²) in [4.78, 5) is 4.07. The van der Waals surface area contributed by atoms with E-state index in [1.165, 1.54) is 18.6 Å². The highest BCUT2D eigenvalue weighted by molar-refractivity contribution is 7.89. The molecule has 1 unspecified atom stereocenters. The molecule has 0 saturated heterocycles. The SMILES string of the molecule is CN=C(NCCS(=O)(=O)NCC1CCC1)NCC(C)Oc1ccc(F)cc1. The molecular weight excluding hydrogens is 371 g/mol. The van der Waals surface area contributed by atoms with Crippen LogP contribution >= 0.6 is 0 Å². The zero-order valence-electron chi connectivity index (χ0n) is 15.9. The van der Waals surface area contributed by atoms with Gasteiger partial charge in [0.2, 0.25) is 10.0 Å². The molecule has 0 aliphatic heterocycles. The van der Waals surface area contributed by atoms with Gasteiger partial charge in [-0.2, -0.15) is 0 Å². The van der Waals surface area contributed by atoms with Crippen LogP contribution < -0.4 is 20.1 Å². The number of benzene rings is 1. The van der Waals surface area contributed by atoms with Crippen LogP contribution in [-0.4, -0.2) is 52.9 Å². The summed E-state index contributed by atoms with van der Waals surface area (Å²) in [7, 11) is -1.67. The smallest absolute Gasteiger partial charge is 0.213 e. The van der Waals surface area contributed by atoms with Gasteiger partial charge in [-0.25, -0.2) is 17.5 Å². The highest BCUT2D eigenvalue weighted by Crippen LogP contribution is 2.25. The second-order valence-electron chi connectivity index (χ2n) is 6.73. The summed E-state index contributed by atoms with van der Waals surface area (Å²) >= 11 is 0. The zero-order valence-corrected chi connectivity index (χ0v) is 16.7. The van der Waals surface area contributed by atoms with E-state index >= 15 is 0 Å². The minimum Gasteiger partial charge on any atom is -0.489 e. The maximum absolute atomic E-state index is 12.9. The van der Waals surface area contributed by atoms with Gasteiger partial charge in [0, 0.05) is 20.1 Å². The maximum atomic E-state index is 12.9. The van der Waals surface area contributed by atoms with Crippen LogP contribution in [0.1, 0.15) is 26.2 Å². The van der Waals surface area contributed by atoms with E-state index in [0.29, 0.717) is 30.7 Å². The fraction of sp³-hybridized carbons (Fsp3) is 0.611. The average Bonchev–Trinajstić information content (AvgIpc) is 2.58. The van der Waals surface area contributed by atoms with Crippen LogP contribution in [-0.2, 0) is 10.0 Å². The van der Waals surface area contributed by atoms with Gasteiger partial charge in [0.25, 0.3) is 0 Å². The molecule has 1 atom stereocenters. The van der Waals surface area contributed by atoms with Crippen LogP contribution in [0, 0.1) is 11.7 Å². The van der Waals surface area contributed by atoms with Gasteiger partial charge in [0.1, 0.15) is 17.7 Å². The Bertz CT molecular complexity index is 706. The van der Waals surface area contributed by atoms with Gasteiger partial charge in [-0.15, -0.1) is 0 Å².